The zero-order valence-electron chi connectivity index (χ0n) is 12.0. The third-order valence-electron chi connectivity index (χ3n) is 4.13. The van der Waals surface area contributed by atoms with E-state index in [1.54, 1.807) is 11.3 Å². The van der Waals surface area contributed by atoms with Gasteiger partial charge >= 0.3 is 5.97 Å². The highest BCUT2D eigenvalue weighted by Gasteiger charge is 2.45. The van der Waals surface area contributed by atoms with Gasteiger partial charge in [0.15, 0.2) is 0 Å². The first-order valence-electron chi connectivity index (χ1n) is 7.39. The van der Waals surface area contributed by atoms with Crippen molar-refractivity contribution in [3.05, 3.63) is 28.2 Å². The fourth-order valence-electron chi connectivity index (χ4n) is 3.04. The van der Waals surface area contributed by atoms with E-state index >= 15 is 0 Å². The van der Waals surface area contributed by atoms with Crippen molar-refractivity contribution in [2.24, 2.45) is 0 Å². The van der Waals surface area contributed by atoms with E-state index in [1.165, 1.54) is 6.42 Å². The monoisotopic (exact) mass is 323 g/mol. The lowest BCUT2D eigenvalue weighted by atomic mass is 9.74. The Bertz CT molecular complexity index is 661. The molecule has 1 aromatic carbocycles. The van der Waals surface area contributed by atoms with Crippen molar-refractivity contribution < 1.29 is 9.53 Å². The minimum absolute atomic E-state index is 0.116. The van der Waals surface area contributed by atoms with Gasteiger partial charge in [-0.3, -0.25) is 4.79 Å². The molecule has 0 amide bonds. The number of ether oxygens (including phenoxy) is 1. The molecule has 1 aliphatic rings. The lowest BCUT2D eigenvalue weighted by Crippen LogP contribution is -2.39. The number of esters is 1. The molecule has 0 atom stereocenters. The second-order valence-corrected chi connectivity index (χ2v) is 6.96. The van der Waals surface area contributed by atoms with Crippen LogP contribution < -0.4 is 0 Å². The number of rotatable bonds is 3. The molecular formula is C16H18ClNO2S. The van der Waals surface area contributed by atoms with Crippen molar-refractivity contribution in [2.45, 2.75) is 44.4 Å². The molecule has 3 nitrogen and oxygen atoms in total. The Morgan fingerprint density at radius 2 is 2.14 bits per heavy atom. The Labute approximate surface area is 133 Å². The van der Waals surface area contributed by atoms with Crippen LogP contribution in [0.2, 0.25) is 5.02 Å². The van der Waals surface area contributed by atoms with Gasteiger partial charge in [-0.25, -0.2) is 4.98 Å². The summed E-state index contributed by atoms with van der Waals surface area (Å²) in [6.45, 7) is 2.27. The molecule has 1 aromatic heterocycles. The number of benzene rings is 1. The minimum atomic E-state index is -0.551. The number of nitrogens with zero attached hydrogens (tertiary/aromatic N) is 1. The molecule has 0 bridgehead atoms. The van der Waals surface area contributed by atoms with Gasteiger partial charge in [-0.15, -0.1) is 11.3 Å². The second-order valence-electron chi connectivity index (χ2n) is 5.49. The summed E-state index contributed by atoms with van der Waals surface area (Å²) >= 11 is 7.63. The largest absolute Gasteiger partial charge is 0.465 e. The van der Waals surface area contributed by atoms with E-state index in [1.807, 2.05) is 25.1 Å². The van der Waals surface area contributed by atoms with Gasteiger partial charge in [0.05, 0.1) is 16.8 Å². The molecule has 3 rings (SSSR count). The predicted molar refractivity (Wildman–Crippen MR) is 86.0 cm³/mol. The average molecular weight is 324 g/mol. The van der Waals surface area contributed by atoms with Crippen LogP contribution in [0, 0.1) is 0 Å². The van der Waals surface area contributed by atoms with E-state index < -0.39 is 5.41 Å². The Morgan fingerprint density at radius 1 is 1.38 bits per heavy atom. The molecule has 21 heavy (non-hydrogen) atoms. The van der Waals surface area contributed by atoms with Crippen molar-refractivity contribution in [1.82, 2.24) is 4.98 Å². The summed E-state index contributed by atoms with van der Waals surface area (Å²) in [4.78, 5) is 17.3. The molecule has 0 N–H and O–H groups in total. The van der Waals surface area contributed by atoms with Gasteiger partial charge in [0.25, 0.3) is 0 Å². The maximum absolute atomic E-state index is 12.6. The molecule has 0 spiro atoms. The summed E-state index contributed by atoms with van der Waals surface area (Å²) in [5.74, 6) is -0.116. The van der Waals surface area contributed by atoms with E-state index in [0.717, 1.165) is 40.9 Å². The van der Waals surface area contributed by atoms with Crippen LogP contribution in [0.4, 0.5) is 0 Å². The third kappa shape index (κ3) is 2.67. The van der Waals surface area contributed by atoms with Crippen LogP contribution in [-0.2, 0) is 14.9 Å². The van der Waals surface area contributed by atoms with Crippen LogP contribution in [0.1, 0.15) is 44.0 Å². The molecule has 2 aromatic rings. The summed E-state index contributed by atoms with van der Waals surface area (Å²) < 4.78 is 6.43. The number of halogens is 1. The van der Waals surface area contributed by atoms with Crippen molar-refractivity contribution >= 4 is 39.1 Å². The molecular weight excluding hydrogens is 306 g/mol. The van der Waals surface area contributed by atoms with E-state index in [9.17, 15) is 4.79 Å². The Morgan fingerprint density at radius 3 is 2.86 bits per heavy atom. The van der Waals surface area contributed by atoms with E-state index in [2.05, 4.69) is 0 Å². The zero-order valence-corrected chi connectivity index (χ0v) is 13.6. The first-order valence-corrected chi connectivity index (χ1v) is 8.59. The number of fused-ring (bicyclic) bond motifs is 1. The van der Waals surface area contributed by atoms with Crippen LogP contribution in [0.3, 0.4) is 0 Å². The summed E-state index contributed by atoms with van der Waals surface area (Å²) in [6.07, 6.45) is 4.95. The Balaban J connectivity index is 2.07. The molecule has 0 unspecified atom stereocenters. The average Bonchev–Trinajstić information content (AvgIpc) is 2.91. The van der Waals surface area contributed by atoms with Crippen molar-refractivity contribution in [1.29, 1.82) is 0 Å². The fourth-order valence-corrected chi connectivity index (χ4v) is 4.38. The van der Waals surface area contributed by atoms with Crippen LogP contribution in [0.5, 0.6) is 0 Å². The first kappa shape index (κ1) is 14.8. The quantitative estimate of drug-likeness (QED) is 0.767. The van der Waals surface area contributed by atoms with E-state index in [-0.39, 0.29) is 5.97 Å². The maximum Gasteiger partial charge on any atom is 0.319 e. The normalized spacial score (nSPS) is 17.8. The van der Waals surface area contributed by atoms with Crippen molar-refractivity contribution in [3.8, 4) is 0 Å². The van der Waals surface area contributed by atoms with Gasteiger partial charge in [-0.2, -0.15) is 0 Å². The molecule has 1 fully saturated rings. The van der Waals surface area contributed by atoms with Gasteiger partial charge in [-0.05, 0) is 38.0 Å². The van der Waals surface area contributed by atoms with Crippen molar-refractivity contribution in [2.75, 3.05) is 6.61 Å². The Kier molecular flexibility index (Phi) is 4.18. The number of hydrogen-bond donors (Lipinski definition) is 0. The summed E-state index contributed by atoms with van der Waals surface area (Å²) in [5, 5.41) is 1.56. The topological polar surface area (TPSA) is 39.2 Å². The molecule has 1 saturated carbocycles. The standard InChI is InChI=1S/C16H18ClNO2S/c1-2-20-15(19)16(8-4-3-5-9-16)14-18-12-10-11(17)6-7-13(12)21-14/h6-7,10H,2-5,8-9H2,1H3. The number of carbonyl (C=O) groups excluding carboxylic acids is 1. The van der Waals surface area contributed by atoms with E-state index in [4.69, 9.17) is 21.3 Å². The molecule has 112 valence electrons. The fraction of sp³-hybridized carbons (Fsp3) is 0.500. The number of carbonyl (C=O) groups is 1. The van der Waals surface area contributed by atoms with Gasteiger partial charge < -0.3 is 4.74 Å². The van der Waals surface area contributed by atoms with Crippen LogP contribution in [0.25, 0.3) is 10.2 Å². The molecule has 0 saturated heterocycles. The molecule has 0 aliphatic heterocycles. The highest BCUT2D eigenvalue weighted by atomic mass is 35.5. The highest BCUT2D eigenvalue weighted by molar-refractivity contribution is 7.18. The summed E-state index contributed by atoms with van der Waals surface area (Å²) in [6, 6.07) is 5.70. The van der Waals surface area contributed by atoms with Gasteiger partial charge in [0.2, 0.25) is 0 Å². The smallest absolute Gasteiger partial charge is 0.319 e. The molecule has 0 radical (unpaired) electrons. The Hall–Kier alpha value is -1.13. The lowest BCUT2D eigenvalue weighted by molar-refractivity contribution is -0.151. The summed E-state index contributed by atoms with van der Waals surface area (Å²) in [5.41, 5.74) is 0.321. The molecule has 1 aliphatic carbocycles. The molecule has 5 heteroatoms. The van der Waals surface area contributed by atoms with Crippen molar-refractivity contribution in [3.63, 3.8) is 0 Å². The maximum atomic E-state index is 12.6. The van der Waals surface area contributed by atoms with Gasteiger partial charge in [-0.1, -0.05) is 30.9 Å². The van der Waals surface area contributed by atoms with Crippen LogP contribution >= 0.6 is 22.9 Å². The third-order valence-corrected chi connectivity index (χ3v) is 5.61. The second kappa shape index (κ2) is 5.93. The number of aromatic nitrogens is 1. The molecule has 1 heterocycles. The minimum Gasteiger partial charge on any atom is -0.465 e. The summed E-state index contributed by atoms with van der Waals surface area (Å²) in [7, 11) is 0. The van der Waals surface area contributed by atoms with E-state index in [0.29, 0.717) is 11.6 Å². The van der Waals surface area contributed by atoms with Gasteiger partial charge in [0.1, 0.15) is 10.4 Å². The zero-order chi connectivity index (χ0) is 14.9. The SMILES string of the molecule is CCOC(=O)C1(c2nc3cc(Cl)ccc3s2)CCCCC1. The number of hydrogen-bond acceptors (Lipinski definition) is 4. The lowest BCUT2D eigenvalue weighted by Gasteiger charge is -2.32. The number of thiazole rings is 1. The highest BCUT2D eigenvalue weighted by Crippen LogP contribution is 2.43. The predicted octanol–water partition coefficient (Wildman–Crippen LogP) is 4.71. The van der Waals surface area contributed by atoms with Crippen LogP contribution in [-0.4, -0.2) is 17.6 Å². The van der Waals surface area contributed by atoms with Crippen LogP contribution in [0.15, 0.2) is 18.2 Å². The first-order chi connectivity index (χ1) is 10.2. The van der Waals surface area contributed by atoms with Gasteiger partial charge in [0, 0.05) is 5.02 Å².